The van der Waals surface area contributed by atoms with Gasteiger partial charge in [0, 0.05) is 28.9 Å². The van der Waals surface area contributed by atoms with Gasteiger partial charge in [0.2, 0.25) is 17.8 Å². The highest BCUT2D eigenvalue weighted by Crippen LogP contribution is 2.48. The summed E-state index contributed by atoms with van der Waals surface area (Å²) in [5.41, 5.74) is 1.05. The fourth-order valence-electron chi connectivity index (χ4n) is 4.91. The van der Waals surface area contributed by atoms with Crippen molar-refractivity contribution in [3.05, 3.63) is 83.0 Å². The zero-order valence-electron chi connectivity index (χ0n) is 28.6. The smallest absolute Gasteiger partial charge is 0.422 e. The van der Waals surface area contributed by atoms with Crippen molar-refractivity contribution in [1.82, 2.24) is 30.6 Å². The van der Waals surface area contributed by atoms with Gasteiger partial charge in [-0.2, -0.15) is 28.1 Å². The molecular weight excluding hydrogens is 739 g/mol. The molecular formula is C34H33ClF3N9O7. The minimum Gasteiger partial charge on any atom is -0.481 e. The van der Waals surface area contributed by atoms with Gasteiger partial charge >= 0.3 is 30.0 Å². The third-order valence-corrected chi connectivity index (χ3v) is 8.05. The summed E-state index contributed by atoms with van der Waals surface area (Å²) in [6.07, 6.45) is -2.04. The number of benzene rings is 2. The SMILES string of the molecule is COC(=O)[C@H](CCNC(=O)C(=O)Nc1ccc(OC)nc1)NC(=O)c1ccc(Nc2nc(NC3(c4ccc(Cl)cc4)CC3)nc(OCC(F)(F)F)n2)cc1. The number of carbonyl (C=O) groups is 4. The first kappa shape index (κ1) is 39.0. The van der Waals surface area contributed by atoms with E-state index in [4.69, 9.17) is 25.8 Å². The number of anilines is 4. The first-order valence-corrected chi connectivity index (χ1v) is 16.5. The van der Waals surface area contributed by atoms with Crippen LogP contribution in [0.25, 0.3) is 0 Å². The minimum atomic E-state index is -4.64. The first-order valence-electron chi connectivity index (χ1n) is 16.1. The summed E-state index contributed by atoms with van der Waals surface area (Å²) in [5, 5.41) is 13.9. The molecule has 0 spiro atoms. The van der Waals surface area contributed by atoms with Gasteiger partial charge in [-0.25, -0.2) is 9.78 Å². The predicted molar refractivity (Wildman–Crippen MR) is 187 cm³/mol. The number of carbonyl (C=O) groups excluding carboxylic acids is 4. The van der Waals surface area contributed by atoms with Gasteiger partial charge in [0.15, 0.2) is 6.61 Å². The largest absolute Gasteiger partial charge is 0.481 e. The summed E-state index contributed by atoms with van der Waals surface area (Å²) < 4.78 is 53.4. The Morgan fingerprint density at radius 2 is 1.57 bits per heavy atom. The number of esters is 1. The molecule has 20 heteroatoms. The number of amides is 3. The summed E-state index contributed by atoms with van der Waals surface area (Å²) in [5.74, 6) is -3.29. The van der Waals surface area contributed by atoms with E-state index in [-0.39, 0.29) is 36.1 Å². The van der Waals surface area contributed by atoms with Crippen LogP contribution < -0.4 is 36.1 Å². The number of methoxy groups -OCH3 is 2. The van der Waals surface area contributed by atoms with E-state index < -0.39 is 54.1 Å². The van der Waals surface area contributed by atoms with Crippen molar-refractivity contribution in [2.75, 3.05) is 43.3 Å². The lowest BCUT2D eigenvalue weighted by Crippen LogP contribution is -2.44. The maximum absolute atomic E-state index is 13.1. The maximum atomic E-state index is 13.1. The van der Waals surface area contributed by atoms with E-state index in [2.05, 4.69) is 46.5 Å². The second-order valence-corrected chi connectivity index (χ2v) is 12.2. The number of pyridine rings is 1. The van der Waals surface area contributed by atoms with Crippen LogP contribution in [0.5, 0.6) is 11.9 Å². The van der Waals surface area contributed by atoms with Crippen molar-refractivity contribution in [2.45, 2.75) is 37.0 Å². The molecule has 54 heavy (non-hydrogen) atoms. The van der Waals surface area contributed by atoms with Crippen molar-refractivity contribution in [1.29, 1.82) is 0 Å². The number of halogens is 4. The molecule has 1 atom stereocenters. The van der Waals surface area contributed by atoms with Gasteiger partial charge in [-0.05, 0) is 67.3 Å². The van der Waals surface area contributed by atoms with Crippen LogP contribution in [0.1, 0.15) is 35.2 Å². The molecule has 3 amide bonds. The quantitative estimate of drug-likeness (QED) is 0.0852. The highest BCUT2D eigenvalue weighted by Gasteiger charge is 2.45. The third kappa shape index (κ3) is 10.9. The Hall–Kier alpha value is -6.24. The molecule has 0 aliphatic heterocycles. The molecule has 0 unspecified atom stereocenters. The number of nitrogens with one attached hydrogen (secondary N) is 5. The molecule has 1 saturated carbocycles. The topological polar surface area (TPSA) is 208 Å². The van der Waals surface area contributed by atoms with E-state index in [1.165, 1.54) is 49.7 Å². The second kappa shape index (κ2) is 17.1. The molecule has 0 saturated heterocycles. The molecule has 0 bridgehead atoms. The Labute approximate surface area is 310 Å². The molecule has 0 radical (unpaired) electrons. The molecule has 1 aliphatic carbocycles. The molecule has 5 N–H and O–H groups in total. The molecule has 1 aliphatic rings. The summed E-state index contributed by atoms with van der Waals surface area (Å²) >= 11 is 6.02. The van der Waals surface area contributed by atoms with Gasteiger partial charge in [-0.3, -0.25) is 14.4 Å². The van der Waals surface area contributed by atoms with E-state index in [9.17, 15) is 32.3 Å². The first-order chi connectivity index (χ1) is 25.8. The number of nitrogens with zero attached hydrogens (tertiary/aromatic N) is 4. The normalized spacial score (nSPS) is 13.4. The van der Waals surface area contributed by atoms with Crippen LogP contribution >= 0.6 is 11.6 Å². The monoisotopic (exact) mass is 771 g/mol. The lowest BCUT2D eigenvalue weighted by molar-refractivity contribution is -0.154. The molecule has 4 aromatic rings. The fourth-order valence-corrected chi connectivity index (χ4v) is 5.04. The van der Waals surface area contributed by atoms with Crippen LogP contribution in [0.3, 0.4) is 0 Å². The van der Waals surface area contributed by atoms with E-state index in [1.54, 1.807) is 12.1 Å². The van der Waals surface area contributed by atoms with Gasteiger partial charge < -0.3 is 40.8 Å². The van der Waals surface area contributed by atoms with Crippen LogP contribution in [0, 0.1) is 0 Å². The van der Waals surface area contributed by atoms with E-state index in [1.807, 2.05) is 12.1 Å². The second-order valence-electron chi connectivity index (χ2n) is 11.7. The van der Waals surface area contributed by atoms with Gasteiger partial charge in [-0.15, -0.1) is 0 Å². The Kier molecular flexibility index (Phi) is 12.3. The van der Waals surface area contributed by atoms with Crippen LogP contribution in [0.4, 0.5) is 36.4 Å². The highest BCUT2D eigenvalue weighted by atomic mass is 35.5. The van der Waals surface area contributed by atoms with Crippen molar-refractivity contribution in [3.63, 3.8) is 0 Å². The number of alkyl halides is 3. The van der Waals surface area contributed by atoms with Crippen LogP contribution in [-0.4, -0.2) is 83.2 Å². The van der Waals surface area contributed by atoms with Crippen molar-refractivity contribution in [2.24, 2.45) is 0 Å². The van der Waals surface area contributed by atoms with Gasteiger partial charge in [0.25, 0.3) is 5.91 Å². The Balaban J connectivity index is 1.20. The van der Waals surface area contributed by atoms with Crippen molar-refractivity contribution < 1.29 is 46.6 Å². The number of ether oxygens (including phenoxy) is 3. The number of aromatic nitrogens is 4. The molecule has 1 fully saturated rings. The van der Waals surface area contributed by atoms with E-state index in [0.29, 0.717) is 29.4 Å². The van der Waals surface area contributed by atoms with Gasteiger partial charge in [0.1, 0.15) is 6.04 Å². The van der Waals surface area contributed by atoms with Crippen LogP contribution in [0.2, 0.25) is 5.02 Å². The average molecular weight is 772 g/mol. The maximum Gasteiger partial charge on any atom is 0.422 e. The zero-order chi connectivity index (χ0) is 38.9. The zero-order valence-corrected chi connectivity index (χ0v) is 29.4. The fraction of sp³-hybridized carbons (Fsp3) is 0.294. The molecule has 5 rings (SSSR count). The van der Waals surface area contributed by atoms with Crippen LogP contribution in [0.15, 0.2) is 66.9 Å². The standard InChI is InChI=1S/C34H33ClF3N9O7/c1-52-25-12-11-23(17-40-25)41-28(50)27(49)39-16-13-24(29(51)53-2)43-26(48)19-3-9-22(10-4-19)42-30-44-31(46-32(45-30)54-18-34(36,37)38)47-33(14-15-33)20-5-7-21(35)8-6-20/h3-12,17,24H,13-16,18H2,1-2H3,(H,39,49)(H,41,50)(H,43,48)(H2,42,44,45,46,47)/t24-/m0/s1. The lowest BCUT2D eigenvalue weighted by Gasteiger charge is -2.19. The van der Waals surface area contributed by atoms with E-state index in [0.717, 1.165) is 12.7 Å². The van der Waals surface area contributed by atoms with Crippen molar-refractivity contribution in [3.8, 4) is 11.9 Å². The van der Waals surface area contributed by atoms with Gasteiger partial charge in [-0.1, -0.05) is 23.7 Å². The Bertz CT molecular complexity index is 1970. The number of rotatable bonds is 15. The van der Waals surface area contributed by atoms with Crippen LogP contribution in [-0.2, 0) is 24.7 Å². The van der Waals surface area contributed by atoms with Gasteiger partial charge in [0.05, 0.1) is 31.6 Å². The summed E-state index contributed by atoms with van der Waals surface area (Å²) in [6.45, 7) is -1.80. The lowest BCUT2D eigenvalue weighted by atomic mass is 10.1. The Morgan fingerprint density at radius 1 is 0.889 bits per heavy atom. The molecule has 16 nitrogen and oxygen atoms in total. The molecule has 284 valence electrons. The molecule has 2 aromatic carbocycles. The Morgan fingerprint density at radius 3 is 2.19 bits per heavy atom. The molecule has 2 heterocycles. The predicted octanol–water partition coefficient (Wildman–Crippen LogP) is 4.13. The summed E-state index contributed by atoms with van der Waals surface area (Å²) in [4.78, 5) is 66.3. The molecule has 2 aromatic heterocycles. The third-order valence-electron chi connectivity index (χ3n) is 7.80. The van der Waals surface area contributed by atoms with Crippen molar-refractivity contribution >= 4 is 58.6 Å². The summed E-state index contributed by atoms with van der Waals surface area (Å²) in [6, 6.07) is 14.1. The number of hydrogen-bond donors (Lipinski definition) is 5. The highest BCUT2D eigenvalue weighted by molar-refractivity contribution is 6.39. The number of hydrogen-bond acceptors (Lipinski definition) is 13. The minimum absolute atomic E-state index is 0.0340. The van der Waals surface area contributed by atoms with E-state index >= 15 is 0 Å². The summed E-state index contributed by atoms with van der Waals surface area (Å²) in [7, 11) is 2.55. The average Bonchev–Trinajstić information content (AvgIpc) is 3.93.